The van der Waals surface area contributed by atoms with Crippen LogP contribution < -0.4 is 5.32 Å². The zero-order valence-electron chi connectivity index (χ0n) is 14.2. The molecule has 2 N–H and O–H groups in total. The van der Waals surface area contributed by atoms with Gasteiger partial charge in [-0.25, -0.2) is 0 Å². The summed E-state index contributed by atoms with van der Waals surface area (Å²) in [5.41, 5.74) is 0.455. The second-order valence-corrected chi connectivity index (χ2v) is 7.32. The summed E-state index contributed by atoms with van der Waals surface area (Å²) in [4.78, 5) is 2.38. The first-order valence-corrected chi connectivity index (χ1v) is 9.34. The van der Waals surface area contributed by atoms with E-state index in [1.165, 1.54) is 64.2 Å². The molecule has 2 atom stereocenters. The highest BCUT2D eigenvalue weighted by molar-refractivity contribution is 4.97. The molecule has 21 heavy (non-hydrogen) atoms. The van der Waals surface area contributed by atoms with Gasteiger partial charge >= 0.3 is 0 Å². The lowest BCUT2D eigenvalue weighted by Crippen LogP contribution is -2.61. The highest BCUT2D eigenvalue weighted by atomic mass is 16.3. The summed E-state index contributed by atoms with van der Waals surface area (Å²) in [5.74, 6) is 0. The fourth-order valence-electron chi connectivity index (χ4n) is 4.65. The second kappa shape index (κ2) is 8.50. The van der Waals surface area contributed by atoms with E-state index in [9.17, 15) is 5.11 Å². The van der Waals surface area contributed by atoms with Crippen LogP contribution in [0, 0.1) is 5.41 Å². The van der Waals surface area contributed by atoms with Crippen LogP contribution in [0.4, 0.5) is 0 Å². The molecule has 3 nitrogen and oxygen atoms in total. The zero-order chi connectivity index (χ0) is 15.1. The Bertz CT molecular complexity index is 287. The summed E-state index contributed by atoms with van der Waals surface area (Å²) >= 11 is 0. The highest BCUT2D eigenvalue weighted by Crippen LogP contribution is 2.46. The lowest BCUT2D eigenvalue weighted by molar-refractivity contribution is -0.0801. The summed E-state index contributed by atoms with van der Waals surface area (Å²) in [6.07, 6.45) is 13.4. The number of aliphatic hydroxyl groups excluding tert-OH is 1. The Labute approximate surface area is 131 Å². The van der Waals surface area contributed by atoms with Gasteiger partial charge in [0.2, 0.25) is 0 Å². The van der Waals surface area contributed by atoms with E-state index in [1.54, 1.807) is 0 Å². The first-order valence-electron chi connectivity index (χ1n) is 9.34. The van der Waals surface area contributed by atoms with Crippen molar-refractivity contribution in [3.05, 3.63) is 0 Å². The van der Waals surface area contributed by atoms with E-state index in [4.69, 9.17) is 0 Å². The first kappa shape index (κ1) is 17.2. The third-order valence-electron chi connectivity index (χ3n) is 5.85. The number of nitrogens with zero attached hydrogens (tertiary/aromatic N) is 1. The molecule has 1 saturated heterocycles. The molecule has 124 valence electrons. The van der Waals surface area contributed by atoms with Gasteiger partial charge in [-0.05, 0) is 31.6 Å². The predicted molar refractivity (Wildman–Crippen MR) is 89.3 cm³/mol. The van der Waals surface area contributed by atoms with Gasteiger partial charge in [-0.2, -0.15) is 0 Å². The van der Waals surface area contributed by atoms with E-state index < -0.39 is 0 Å². The molecule has 1 saturated carbocycles. The molecule has 2 unspecified atom stereocenters. The SMILES string of the molecule is CCCCCCC1(C2CNCCN2C(C)O)CCCCC1. The fourth-order valence-corrected chi connectivity index (χ4v) is 4.65. The maximum Gasteiger partial charge on any atom is 0.104 e. The zero-order valence-corrected chi connectivity index (χ0v) is 14.2. The van der Waals surface area contributed by atoms with Crippen LogP contribution in [0.5, 0.6) is 0 Å². The standard InChI is InChI=1S/C18H36N2O/c1-3-4-5-7-10-18(11-8-6-9-12-18)17-15-19-13-14-20(17)16(2)21/h16-17,19,21H,3-15H2,1-2H3. The average Bonchev–Trinajstić information content (AvgIpc) is 2.52. The molecule has 1 heterocycles. The predicted octanol–water partition coefficient (Wildman–Crippen LogP) is 3.52. The van der Waals surface area contributed by atoms with E-state index in [0.717, 1.165) is 19.6 Å². The Hall–Kier alpha value is -0.120. The number of nitrogens with one attached hydrogen (secondary N) is 1. The van der Waals surface area contributed by atoms with E-state index >= 15 is 0 Å². The molecule has 0 aromatic heterocycles. The van der Waals surface area contributed by atoms with Crippen LogP contribution in [0.15, 0.2) is 0 Å². The van der Waals surface area contributed by atoms with Gasteiger partial charge in [0.1, 0.15) is 6.23 Å². The normalized spacial score (nSPS) is 28.4. The quantitative estimate of drug-likeness (QED) is 0.706. The van der Waals surface area contributed by atoms with Crippen molar-refractivity contribution in [1.29, 1.82) is 0 Å². The van der Waals surface area contributed by atoms with Crippen LogP contribution >= 0.6 is 0 Å². The summed E-state index contributed by atoms with van der Waals surface area (Å²) in [7, 11) is 0. The maximum atomic E-state index is 10.2. The lowest BCUT2D eigenvalue weighted by atomic mass is 9.65. The summed E-state index contributed by atoms with van der Waals surface area (Å²) < 4.78 is 0. The van der Waals surface area contributed by atoms with Crippen LogP contribution in [0.3, 0.4) is 0 Å². The molecule has 2 rings (SSSR count). The van der Waals surface area contributed by atoms with Crippen molar-refractivity contribution >= 4 is 0 Å². The second-order valence-electron chi connectivity index (χ2n) is 7.32. The van der Waals surface area contributed by atoms with Crippen LogP contribution in [0.1, 0.15) is 78.1 Å². The van der Waals surface area contributed by atoms with Gasteiger partial charge in [0.05, 0.1) is 0 Å². The van der Waals surface area contributed by atoms with Gasteiger partial charge in [0.25, 0.3) is 0 Å². The van der Waals surface area contributed by atoms with Gasteiger partial charge in [-0.1, -0.05) is 51.9 Å². The maximum absolute atomic E-state index is 10.2. The molecular weight excluding hydrogens is 260 g/mol. The highest BCUT2D eigenvalue weighted by Gasteiger charge is 2.43. The van der Waals surface area contributed by atoms with Gasteiger partial charge in [-0.15, -0.1) is 0 Å². The van der Waals surface area contributed by atoms with Crippen molar-refractivity contribution < 1.29 is 5.11 Å². The molecule has 0 radical (unpaired) electrons. The molecule has 0 aromatic rings. The minimum absolute atomic E-state index is 0.299. The van der Waals surface area contributed by atoms with E-state index in [-0.39, 0.29) is 6.23 Å². The van der Waals surface area contributed by atoms with Gasteiger partial charge in [0, 0.05) is 25.7 Å². The summed E-state index contributed by atoms with van der Waals surface area (Å²) in [6.45, 7) is 7.33. The summed E-state index contributed by atoms with van der Waals surface area (Å²) in [6, 6.07) is 0.535. The van der Waals surface area contributed by atoms with Crippen molar-refractivity contribution in [3.63, 3.8) is 0 Å². The molecule has 1 aliphatic carbocycles. The molecule has 1 aliphatic heterocycles. The number of piperazine rings is 1. The lowest BCUT2D eigenvalue weighted by Gasteiger charge is -2.51. The number of aliphatic hydroxyl groups is 1. The molecule has 0 amide bonds. The molecule has 0 aromatic carbocycles. The molecular formula is C18H36N2O. The van der Waals surface area contributed by atoms with Gasteiger partial charge in [0.15, 0.2) is 0 Å². The monoisotopic (exact) mass is 296 g/mol. The van der Waals surface area contributed by atoms with Crippen LogP contribution in [0.2, 0.25) is 0 Å². The Kier molecular flexibility index (Phi) is 6.97. The Morgan fingerprint density at radius 1 is 1.19 bits per heavy atom. The Morgan fingerprint density at radius 2 is 1.95 bits per heavy atom. The number of rotatable bonds is 7. The van der Waals surface area contributed by atoms with Crippen molar-refractivity contribution in [3.8, 4) is 0 Å². The topological polar surface area (TPSA) is 35.5 Å². The Morgan fingerprint density at radius 3 is 2.62 bits per heavy atom. The van der Waals surface area contributed by atoms with E-state index in [1.807, 2.05) is 6.92 Å². The largest absolute Gasteiger partial charge is 0.379 e. The van der Waals surface area contributed by atoms with Crippen molar-refractivity contribution in [2.75, 3.05) is 19.6 Å². The van der Waals surface area contributed by atoms with Crippen molar-refractivity contribution in [1.82, 2.24) is 10.2 Å². The third kappa shape index (κ3) is 4.43. The van der Waals surface area contributed by atoms with Gasteiger partial charge < -0.3 is 10.4 Å². The fraction of sp³-hybridized carbons (Fsp3) is 1.00. The molecule has 2 aliphatic rings. The number of hydrogen-bond donors (Lipinski definition) is 2. The molecule has 0 spiro atoms. The molecule has 3 heteroatoms. The van der Waals surface area contributed by atoms with Gasteiger partial charge in [-0.3, -0.25) is 4.90 Å². The van der Waals surface area contributed by atoms with Crippen LogP contribution in [-0.4, -0.2) is 41.9 Å². The van der Waals surface area contributed by atoms with E-state index in [0.29, 0.717) is 11.5 Å². The first-order chi connectivity index (χ1) is 10.2. The molecule has 2 fully saturated rings. The van der Waals surface area contributed by atoms with Crippen molar-refractivity contribution in [2.24, 2.45) is 5.41 Å². The number of unbranched alkanes of at least 4 members (excludes halogenated alkanes) is 3. The smallest absolute Gasteiger partial charge is 0.104 e. The van der Waals surface area contributed by atoms with Crippen LogP contribution in [0.25, 0.3) is 0 Å². The number of hydrogen-bond acceptors (Lipinski definition) is 3. The average molecular weight is 296 g/mol. The Balaban J connectivity index is 2.05. The van der Waals surface area contributed by atoms with Crippen molar-refractivity contribution in [2.45, 2.75) is 90.3 Å². The van der Waals surface area contributed by atoms with E-state index in [2.05, 4.69) is 17.1 Å². The minimum Gasteiger partial charge on any atom is -0.379 e. The van der Waals surface area contributed by atoms with Crippen LogP contribution in [-0.2, 0) is 0 Å². The third-order valence-corrected chi connectivity index (χ3v) is 5.85. The summed E-state index contributed by atoms with van der Waals surface area (Å²) in [5, 5.41) is 13.8. The molecule has 0 bridgehead atoms. The minimum atomic E-state index is -0.299.